The first kappa shape index (κ1) is 16.0. The van der Waals surface area contributed by atoms with Crippen molar-refractivity contribution in [1.82, 2.24) is 24.8 Å². The van der Waals surface area contributed by atoms with Gasteiger partial charge in [0, 0.05) is 32.1 Å². The summed E-state index contributed by atoms with van der Waals surface area (Å²) in [6.45, 7) is 2.66. The van der Waals surface area contributed by atoms with Crippen LogP contribution in [-0.2, 0) is 17.8 Å². The maximum Gasteiger partial charge on any atom is 0.225 e. The number of nitrogens with zero attached hydrogens (tertiary/aromatic N) is 5. The fourth-order valence-corrected chi connectivity index (χ4v) is 4.29. The zero-order valence-electron chi connectivity index (χ0n) is 15.2. The molecule has 0 bridgehead atoms. The van der Waals surface area contributed by atoms with Crippen LogP contribution in [0.15, 0.2) is 6.33 Å². The Morgan fingerprint density at radius 2 is 2.00 bits per heavy atom. The van der Waals surface area contributed by atoms with Crippen molar-refractivity contribution in [3.8, 4) is 0 Å². The highest BCUT2D eigenvalue weighted by Gasteiger charge is 2.32. The van der Waals surface area contributed by atoms with Gasteiger partial charge in [-0.2, -0.15) is 0 Å². The Balaban J connectivity index is 1.43. The summed E-state index contributed by atoms with van der Waals surface area (Å²) in [5, 5.41) is 3.16. The van der Waals surface area contributed by atoms with Crippen LogP contribution in [0.5, 0.6) is 0 Å². The fraction of sp³-hybridized carbons (Fsp3) is 0.684. The van der Waals surface area contributed by atoms with E-state index in [2.05, 4.69) is 24.8 Å². The van der Waals surface area contributed by atoms with Crippen molar-refractivity contribution in [2.45, 2.75) is 64.0 Å². The number of aryl methyl sites for hydroxylation is 2. The maximum absolute atomic E-state index is 12.5. The van der Waals surface area contributed by atoms with Gasteiger partial charge >= 0.3 is 0 Å². The minimum atomic E-state index is 0.0507. The molecule has 1 saturated carbocycles. The van der Waals surface area contributed by atoms with Crippen LogP contribution in [0.2, 0.25) is 0 Å². The Kier molecular flexibility index (Phi) is 4.02. The summed E-state index contributed by atoms with van der Waals surface area (Å²) in [6.07, 6.45) is 10.6. The van der Waals surface area contributed by atoms with Crippen LogP contribution in [0, 0.1) is 5.92 Å². The van der Waals surface area contributed by atoms with Gasteiger partial charge in [-0.15, -0.1) is 0 Å². The molecule has 1 N–H and O–H groups in total. The van der Waals surface area contributed by atoms with E-state index in [1.165, 1.54) is 19.3 Å². The van der Waals surface area contributed by atoms with Crippen molar-refractivity contribution in [2.24, 2.45) is 5.92 Å². The highest BCUT2D eigenvalue weighted by molar-refractivity contribution is 5.85. The SMILES string of the molecule is O=C(NC1CC1)C1CCCN(c2ncnc3c2nc2n3CCCCC2)C1. The molecule has 1 atom stereocenters. The van der Waals surface area contributed by atoms with E-state index in [1.807, 2.05) is 0 Å². The number of amides is 1. The molecule has 1 amide bonds. The minimum Gasteiger partial charge on any atom is -0.354 e. The van der Waals surface area contributed by atoms with Gasteiger partial charge in [0.25, 0.3) is 0 Å². The predicted molar refractivity (Wildman–Crippen MR) is 99.0 cm³/mol. The van der Waals surface area contributed by atoms with Gasteiger partial charge in [-0.3, -0.25) is 4.79 Å². The predicted octanol–water partition coefficient (Wildman–Crippen LogP) is 2.05. The number of hydrogen-bond acceptors (Lipinski definition) is 5. The highest BCUT2D eigenvalue weighted by Crippen LogP contribution is 2.30. The van der Waals surface area contributed by atoms with E-state index >= 15 is 0 Å². The van der Waals surface area contributed by atoms with Gasteiger partial charge in [0.15, 0.2) is 17.0 Å². The lowest BCUT2D eigenvalue weighted by atomic mass is 9.97. The van der Waals surface area contributed by atoms with E-state index in [-0.39, 0.29) is 11.8 Å². The van der Waals surface area contributed by atoms with Gasteiger partial charge in [-0.25, -0.2) is 15.0 Å². The Bertz CT molecular complexity index is 827. The van der Waals surface area contributed by atoms with E-state index in [4.69, 9.17) is 4.98 Å². The molecule has 2 fully saturated rings. The van der Waals surface area contributed by atoms with Crippen molar-refractivity contribution in [2.75, 3.05) is 18.0 Å². The van der Waals surface area contributed by atoms with E-state index in [0.29, 0.717) is 6.04 Å². The van der Waals surface area contributed by atoms with E-state index in [9.17, 15) is 4.79 Å². The second-order valence-electron chi connectivity index (χ2n) is 7.93. The molecule has 3 aliphatic rings. The lowest BCUT2D eigenvalue weighted by Crippen LogP contribution is -2.44. The summed E-state index contributed by atoms with van der Waals surface area (Å²) >= 11 is 0. The van der Waals surface area contributed by atoms with Gasteiger partial charge in [-0.05, 0) is 38.5 Å². The molecule has 2 aliphatic heterocycles. The molecule has 5 rings (SSSR count). The number of nitrogens with one attached hydrogen (secondary N) is 1. The number of anilines is 1. The number of carbonyl (C=O) groups is 1. The topological polar surface area (TPSA) is 75.9 Å². The third-order valence-electron chi connectivity index (χ3n) is 5.89. The monoisotopic (exact) mass is 354 g/mol. The van der Waals surface area contributed by atoms with E-state index < -0.39 is 0 Å². The number of imidazole rings is 1. The number of piperidine rings is 1. The molecule has 26 heavy (non-hydrogen) atoms. The highest BCUT2D eigenvalue weighted by atomic mass is 16.2. The van der Waals surface area contributed by atoms with Gasteiger partial charge in [-0.1, -0.05) is 6.42 Å². The van der Waals surface area contributed by atoms with Gasteiger partial charge in [0.05, 0.1) is 5.92 Å². The molecule has 138 valence electrons. The number of rotatable bonds is 3. The minimum absolute atomic E-state index is 0.0507. The van der Waals surface area contributed by atoms with Gasteiger partial charge in [0.1, 0.15) is 12.2 Å². The van der Waals surface area contributed by atoms with Crippen LogP contribution in [0.4, 0.5) is 5.82 Å². The third kappa shape index (κ3) is 2.93. The first-order valence-electron chi connectivity index (χ1n) is 10.0. The smallest absolute Gasteiger partial charge is 0.225 e. The summed E-state index contributed by atoms with van der Waals surface area (Å²) in [6, 6.07) is 0.424. The molecule has 1 unspecified atom stereocenters. The summed E-state index contributed by atoms with van der Waals surface area (Å²) in [7, 11) is 0. The molecule has 7 nitrogen and oxygen atoms in total. The zero-order valence-corrected chi connectivity index (χ0v) is 15.2. The largest absolute Gasteiger partial charge is 0.354 e. The second-order valence-corrected chi connectivity index (χ2v) is 7.93. The third-order valence-corrected chi connectivity index (χ3v) is 5.89. The summed E-state index contributed by atoms with van der Waals surface area (Å²) in [5.74, 6) is 2.30. The molecular formula is C19H26N6O. The standard InChI is InChI=1S/C19H26N6O/c26-19(22-14-7-8-14)13-5-4-9-24(11-13)17-16-18(21-12-20-17)25-10-3-1-2-6-15(25)23-16/h12-14H,1-11H2,(H,22,26). The van der Waals surface area contributed by atoms with Crippen LogP contribution < -0.4 is 10.2 Å². The molecule has 0 radical (unpaired) electrons. The van der Waals surface area contributed by atoms with Crippen molar-refractivity contribution in [3.63, 3.8) is 0 Å². The van der Waals surface area contributed by atoms with Crippen LogP contribution in [0.1, 0.15) is 50.8 Å². The molecule has 2 aromatic heterocycles. The Morgan fingerprint density at radius 1 is 1.08 bits per heavy atom. The normalized spacial score (nSPS) is 23.5. The molecule has 1 saturated heterocycles. The summed E-state index contributed by atoms with van der Waals surface area (Å²) in [5.41, 5.74) is 1.86. The first-order chi connectivity index (χ1) is 12.8. The molecule has 1 aliphatic carbocycles. The van der Waals surface area contributed by atoms with Crippen molar-refractivity contribution < 1.29 is 4.79 Å². The second kappa shape index (κ2) is 6.52. The Hall–Kier alpha value is -2.18. The van der Waals surface area contributed by atoms with E-state index in [1.54, 1.807) is 6.33 Å². The number of carbonyl (C=O) groups excluding carboxylic acids is 1. The first-order valence-corrected chi connectivity index (χ1v) is 10.0. The summed E-state index contributed by atoms with van der Waals surface area (Å²) < 4.78 is 2.27. The molecule has 2 aromatic rings. The van der Waals surface area contributed by atoms with Crippen LogP contribution in [0.3, 0.4) is 0 Å². The van der Waals surface area contributed by atoms with Crippen molar-refractivity contribution >= 4 is 22.9 Å². The lowest BCUT2D eigenvalue weighted by Gasteiger charge is -2.32. The van der Waals surface area contributed by atoms with Crippen LogP contribution in [0.25, 0.3) is 11.2 Å². The van der Waals surface area contributed by atoms with E-state index in [0.717, 1.165) is 74.5 Å². The Labute approximate surface area is 153 Å². The molecular weight excluding hydrogens is 328 g/mol. The average molecular weight is 354 g/mol. The maximum atomic E-state index is 12.5. The lowest BCUT2D eigenvalue weighted by molar-refractivity contribution is -0.125. The van der Waals surface area contributed by atoms with Gasteiger partial charge < -0.3 is 14.8 Å². The van der Waals surface area contributed by atoms with Gasteiger partial charge in [0.2, 0.25) is 5.91 Å². The van der Waals surface area contributed by atoms with Crippen molar-refractivity contribution in [3.05, 3.63) is 12.2 Å². The number of hydrogen-bond donors (Lipinski definition) is 1. The number of aromatic nitrogens is 4. The molecule has 0 aromatic carbocycles. The zero-order chi connectivity index (χ0) is 17.5. The molecule has 4 heterocycles. The van der Waals surface area contributed by atoms with Crippen molar-refractivity contribution in [1.29, 1.82) is 0 Å². The molecule has 0 spiro atoms. The average Bonchev–Trinajstić information content (AvgIpc) is 3.45. The molecule has 7 heteroatoms. The van der Waals surface area contributed by atoms with Crippen LogP contribution in [-0.4, -0.2) is 44.6 Å². The van der Waals surface area contributed by atoms with Crippen LogP contribution >= 0.6 is 0 Å². The summed E-state index contributed by atoms with van der Waals surface area (Å²) in [4.78, 5) is 28.8. The fourth-order valence-electron chi connectivity index (χ4n) is 4.29. The quantitative estimate of drug-likeness (QED) is 0.913. The number of fused-ring (bicyclic) bond motifs is 3. The Morgan fingerprint density at radius 3 is 2.88 bits per heavy atom.